The molecule has 3 N–H and O–H groups in total. The summed E-state index contributed by atoms with van der Waals surface area (Å²) in [6.07, 6.45) is -5.50. The number of carbonyl (C=O) groups excluding carboxylic acids is 1. The number of rotatable bonds is 4. The molecule has 1 aromatic carbocycles. The first kappa shape index (κ1) is 19.2. The zero-order chi connectivity index (χ0) is 19.8. The first-order valence-electron chi connectivity index (χ1n) is 8.26. The summed E-state index contributed by atoms with van der Waals surface area (Å²) in [7, 11) is 1.41. The Morgan fingerprint density at radius 1 is 1.26 bits per heavy atom. The van der Waals surface area contributed by atoms with Gasteiger partial charge in [0, 0.05) is 24.6 Å². The van der Waals surface area contributed by atoms with E-state index in [1.165, 1.54) is 19.2 Å². The minimum atomic E-state index is -1.24. The fourth-order valence-corrected chi connectivity index (χ4v) is 3.20. The molecule has 1 fully saturated rings. The van der Waals surface area contributed by atoms with E-state index in [9.17, 15) is 14.7 Å². The molecule has 0 bridgehead atoms. The topological polar surface area (TPSA) is 130 Å². The highest BCUT2D eigenvalue weighted by atomic mass is 16.7. The third kappa shape index (κ3) is 3.90. The molecule has 1 amide bonds. The van der Waals surface area contributed by atoms with Gasteiger partial charge in [-0.05, 0) is 32.0 Å². The molecule has 27 heavy (non-hydrogen) atoms. The lowest BCUT2D eigenvalue weighted by atomic mass is 9.89. The van der Waals surface area contributed by atoms with Crippen molar-refractivity contribution in [3.8, 4) is 5.75 Å². The summed E-state index contributed by atoms with van der Waals surface area (Å²) in [5, 5.41) is 11.3. The van der Waals surface area contributed by atoms with Crippen molar-refractivity contribution in [1.29, 1.82) is 0 Å². The van der Waals surface area contributed by atoms with Gasteiger partial charge in [-0.25, -0.2) is 9.59 Å². The summed E-state index contributed by atoms with van der Waals surface area (Å²) in [5.41, 5.74) is 3.99. The van der Waals surface area contributed by atoms with Crippen LogP contribution < -0.4 is 16.1 Å². The van der Waals surface area contributed by atoms with Gasteiger partial charge in [-0.2, -0.15) is 0 Å². The largest absolute Gasteiger partial charge is 0.461 e. The Morgan fingerprint density at radius 3 is 2.63 bits per heavy atom. The number of hydrogen-bond donors (Lipinski definition) is 2. The molecule has 2 heterocycles. The molecule has 0 spiro atoms. The molecule has 1 saturated heterocycles. The molecule has 0 radical (unpaired) electrons. The fraction of sp³-hybridized carbons (Fsp3) is 0.444. The summed E-state index contributed by atoms with van der Waals surface area (Å²) in [4.78, 5) is 22.7. The van der Waals surface area contributed by atoms with Crippen LogP contribution in [0.2, 0.25) is 0 Å². The van der Waals surface area contributed by atoms with Crippen LogP contribution in [0, 0.1) is 0 Å². The van der Waals surface area contributed by atoms with Crippen molar-refractivity contribution in [1.82, 2.24) is 0 Å². The molecule has 9 nitrogen and oxygen atoms in total. The second-order valence-corrected chi connectivity index (χ2v) is 6.71. The van der Waals surface area contributed by atoms with Crippen LogP contribution in [0.5, 0.6) is 5.75 Å². The van der Waals surface area contributed by atoms with E-state index in [1.54, 1.807) is 32.0 Å². The number of carbonyl (C=O) groups is 1. The lowest BCUT2D eigenvalue weighted by Gasteiger charge is -2.47. The Morgan fingerprint density at radius 2 is 1.96 bits per heavy atom. The number of aliphatic hydroxyl groups is 1. The highest BCUT2D eigenvalue weighted by Gasteiger charge is 2.52. The predicted molar refractivity (Wildman–Crippen MR) is 93.3 cm³/mol. The zero-order valence-electron chi connectivity index (χ0n) is 15.1. The molecular weight excluding hydrogens is 358 g/mol. The highest BCUT2D eigenvalue weighted by molar-refractivity contribution is 5.77. The maximum atomic E-state index is 11.4. The third-order valence-corrected chi connectivity index (χ3v) is 4.37. The lowest BCUT2D eigenvalue weighted by Crippen LogP contribution is -2.65. The maximum absolute atomic E-state index is 11.4. The van der Waals surface area contributed by atoms with Gasteiger partial charge in [0.25, 0.3) is 0 Å². The van der Waals surface area contributed by atoms with Crippen LogP contribution in [-0.2, 0) is 14.2 Å². The van der Waals surface area contributed by atoms with Crippen molar-refractivity contribution >= 4 is 17.1 Å². The van der Waals surface area contributed by atoms with Crippen molar-refractivity contribution in [2.75, 3.05) is 7.11 Å². The van der Waals surface area contributed by atoms with Crippen LogP contribution in [0.15, 0.2) is 39.5 Å². The van der Waals surface area contributed by atoms with Crippen molar-refractivity contribution in [2.24, 2.45) is 5.73 Å². The lowest BCUT2D eigenvalue weighted by molar-refractivity contribution is -0.304. The van der Waals surface area contributed by atoms with E-state index < -0.39 is 41.9 Å². The predicted octanol–water partition coefficient (Wildman–Crippen LogP) is 1.15. The monoisotopic (exact) mass is 379 g/mol. The first-order chi connectivity index (χ1) is 12.7. The molecule has 0 aliphatic carbocycles. The molecular formula is C18H21NO8. The zero-order valence-corrected chi connectivity index (χ0v) is 15.1. The van der Waals surface area contributed by atoms with E-state index >= 15 is 0 Å². The molecule has 1 aromatic heterocycles. The van der Waals surface area contributed by atoms with Gasteiger partial charge in [0.15, 0.2) is 6.10 Å². The summed E-state index contributed by atoms with van der Waals surface area (Å²) >= 11 is 0. The number of ether oxygens (including phenoxy) is 4. The van der Waals surface area contributed by atoms with Crippen molar-refractivity contribution in [3.05, 3.63) is 40.8 Å². The average molecular weight is 379 g/mol. The minimum Gasteiger partial charge on any atom is -0.461 e. The maximum Gasteiger partial charge on any atom is 0.405 e. The molecule has 9 heteroatoms. The number of fused-ring (bicyclic) bond motifs is 1. The van der Waals surface area contributed by atoms with E-state index in [-0.39, 0.29) is 0 Å². The smallest absolute Gasteiger partial charge is 0.405 e. The van der Waals surface area contributed by atoms with Crippen LogP contribution in [-0.4, -0.2) is 48.5 Å². The third-order valence-electron chi connectivity index (χ3n) is 4.37. The average Bonchev–Trinajstić information content (AvgIpc) is 2.57. The molecule has 3 rings (SSSR count). The van der Waals surface area contributed by atoms with Gasteiger partial charge < -0.3 is 34.2 Å². The molecule has 1 aliphatic heterocycles. The summed E-state index contributed by atoms with van der Waals surface area (Å²) in [5.74, 6) is 0.291. The van der Waals surface area contributed by atoms with Gasteiger partial charge in [0.2, 0.25) is 6.29 Å². The standard InChI is InChI=1S/C18H21NO8/c1-18(2)15(23-3)13(21)14(26-17(19)22)16(27-18)24-10-6-4-9-5-7-12(20)25-11(9)8-10/h4-8,13-16,21H,1-3H3,(H2,19,22)/t13-,14?,15-,16-/m1/s1. The highest BCUT2D eigenvalue weighted by Crippen LogP contribution is 2.34. The Labute approximate surface area is 154 Å². The number of nitrogens with two attached hydrogens (primary N) is 1. The number of benzene rings is 1. The normalized spacial score (nSPS) is 27.3. The SMILES string of the molecule is CO[C@@H]1[C@H](O)C(OC(N)=O)[C@H](Oc2ccc3ccc(=O)oc3c2)OC1(C)C. The molecule has 146 valence electrons. The quantitative estimate of drug-likeness (QED) is 0.757. The van der Waals surface area contributed by atoms with Crippen molar-refractivity contribution in [3.63, 3.8) is 0 Å². The Kier molecular flexibility index (Phi) is 5.09. The van der Waals surface area contributed by atoms with Gasteiger partial charge in [-0.1, -0.05) is 0 Å². The second kappa shape index (κ2) is 7.18. The molecule has 4 atom stereocenters. The molecule has 1 unspecified atom stereocenters. The number of methoxy groups -OCH3 is 1. The number of amides is 1. The summed E-state index contributed by atoms with van der Waals surface area (Å²) < 4.78 is 27.1. The fourth-order valence-electron chi connectivity index (χ4n) is 3.20. The van der Waals surface area contributed by atoms with Crippen molar-refractivity contribution < 1.29 is 33.3 Å². The minimum absolute atomic E-state index is 0.291. The van der Waals surface area contributed by atoms with E-state index in [2.05, 4.69) is 0 Å². The molecule has 0 saturated carbocycles. The van der Waals surface area contributed by atoms with Gasteiger partial charge in [0.1, 0.15) is 23.5 Å². The van der Waals surface area contributed by atoms with E-state index in [4.69, 9.17) is 29.1 Å². The van der Waals surface area contributed by atoms with Crippen LogP contribution in [0.3, 0.4) is 0 Å². The number of aliphatic hydroxyl groups excluding tert-OH is 1. The van der Waals surface area contributed by atoms with Gasteiger partial charge in [-0.3, -0.25) is 0 Å². The molecule has 2 aromatic rings. The summed E-state index contributed by atoms with van der Waals surface area (Å²) in [6, 6.07) is 7.77. The van der Waals surface area contributed by atoms with Crippen LogP contribution >= 0.6 is 0 Å². The van der Waals surface area contributed by atoms with E-state index in [0.717, 1.165) is 0 Å². The van der Waals surface area contributed by atoms with Gasteiger partial charge in [-0.15, -0.1) is 0 Å². The van der Waals surface area contributed by atoms with Crippen LogP contribution in [0.1, 0.15) is 13.8 Å². The summed E-state index contributed by atoms with van der Waals surface area (Å²) in [6.45, 7) is 3.42. The van der Waals surface area contributed by atoms with Gasteiger partial charge in [0.05, 0.1) is 5.60 Å². The number of primary amides is 1. The Balaban J connectivity index is 1.92. The molecule has 1 aliphatic rings. The van der Waals surface area contributed by atoms with E-state index in [1.807, 2.05) is 0 Å². The van der Waals surface area contributed by atoms with Crippen molar-refractivity contribution in [2.45, 2.75) is 44.1 Å². The van der Waals surface area contributed by atoms with Crippen LogP contribution in [0.4, 0.5) is 4.79 Å². The van der Waals surface area contributed by atoms with E-state index in [0.29, 0.717) is 16.7 Å². The number of hydrogen-bond acceptors (Lipinski definition) is 8. The van der Waals surface area contributed by atoms with Gasteiger partial charge >= 0.3 is 11.7 Å². The Bertz CT molecular complexity index is 892. The van der Waals surface area contributed by atoms with Crippen LogP contribution in [0.25, 0.3) is 11.0 Å². The Hall–Kier alpha value is -2.62. The second-order valence-electron chi connectivity index (χ2n) is 6.71. The first-order valence-corrected chi connectivity index (χ1v) is 8.26.